The molecule has 2 aliphatic rings. The molecule has 2 heterocycles. The van der Waals surface area contributed by atoms with Gasteiger partial charge in [-0.1, -0.05) is 38.8 Å². The number of amides is 1. The van der Waals surface area contributed by atoms with E-state index >= 15 is 0 Å². The molecule has 7 heteroatoms. The minimum atomic E-state index is -0.0528. The summed E-state index contributed by atoms with van der Waals surface area (Å²) in [6.07, 6.45) is 9.93. The number of aromatic nitrogens is 2. The summed E-state index contributed by atoms with van der Waals surface area (Å²) in [6, 6.07) is 8.64. The highest BCUT2D eigenvalue weighted by Crippen LogP contribution is 2.33. The number of benzene rings is 1. The van der Waals surface area contributed by atoms with Crippen LogP contribution in [-0.4, -0.2) is 27.5 Å². The van der Waals surface area contributed by atoms with Crippen molar-refractivity contribution in [1.29, 1.82) is 0 Å². The van der Waals surface area contributed by atoms with Gasteiger partial charge in [-0.05, 0) is 42.9 Å². The molecule has 3 unspecified atom stereocenters. The Bertz CT molecular complexity index is 794. The molecule has 160 valence electrons. The van der Waals surface area contributed by atoms with Gasteiger partial charge in [0, 0.05) is 36.6 Å². The van der Waals surface area contributed by atoms with Gasteiger partial charge < -0.3 is 15.2 Å². The molecule has 1 aliphatic carbocycles. The second kappa shape index (κ2) is 10.5. The average molecular weight is 439 g/mol. The highest BCUT2D eigenvalue weighted by molar-refractivity contribution is 5.95. The second-order valence-electron chi connectivity index (χ2n) is 8.36. The Morgan fingerprint density at radius 2 is 2.07 bits per heavy atom. The number of nitrogens with zero attached hydrogens (tertiary/aromatic N) is 2. The molecule has 1 saturated carbocycles. The predicted octanol–water partition coefficient (Wildman–Crippen LogP) is 4.76. The molecule has 1 aliphatic heterocycles. The van der Waals surface area contributed by atoms with Crippen LogP contribution in [0.5, 0.6) is 0 Å². The number of nitrogens with one attached hydrogen (secondary N) is 2. The van der Waals surface area contributed by atoms with Crippen LogP contribution in [0.25, 0.3) is 0 Å². The van der Waals surface area contributed by atoms with Gasteiger partial charge in [0.15, 0.2) is 0 Å². The molecule has 5 nitrogen and oxygen atoms in total. The molecular weight excluding hydrogens is 407 g/mol. The Hall–Kier alpha value is -1.56. The number of fused-ring (bicyclic) bond motifs is 1. The lowest BCUT2D eigenvalue weighted by atomic mass is 9.85. The van der Waals surface area contributed by atoms with Gasteiger partial charge in [-0.25, -0.2) is 4.98 Å². The molecule has 0 spiro atoms. The molecule has 2 aromatic rings. The van der Waals surface area contributed by atoms with E-state index in [1.807, 2.05) is 24.5 Å². The van der Waals surface area contributed by atoms with E-state index in [-0.39, 0.29) is 36.8 Å². The van der Waals surface area contributed by atoms with Gasteiger partial charge in [0.05, 0.1) is 6.04 Å². The summed E-state index contributed by atoms with van der Waals surface area (Å²) in [5, 5.41) is 6.68. The molecule has 29 heavy (non-hydrogen) atoms. The van der Waals surface area contributed by atoms with Gasteiger partial charge in [0.2, 0.25) is 5.91 Å². The summed E-state index contributed by atoms with van der Waals surface area (Å²) in [7, 11) is 0. The van der Waals surface area contributed by atoms with Crippen molar-refractivity contribution in [3.63, 3.8) is 0 Å². The van der Waals surface area contributed by atoms with Gasteiger partial charge in [0.1, 0.15) is 5.82 Å². The Morgan fingerprint density at radius 1 is 1.28 bits per heavy atom. The number of hydrogen-bond donors (Lipinski definition) is 2. The van der Waals surface area contributed by atoms with E-state index in [2.05, 4.69) is 46.2 Å². The number of imidazole rings is 1. The molecule has 4 rings (SSSR count). The van der Waals surface area contributed by atoms with E-state index < -0.39 is 0 Å². The van der Waals surface area contributed by atoms with E-state index in [1.165, 1.54) is 31.2 Å². The van der Waals surface area contributed by atoms with Crippen molar-refractivity contribution >= 4 is 36.4 Å². The smallest absolute Gasteiger partial charge is 0.241 e. The van der Waals surface area contributed by atoms with E-state index in [0.717, 1.165) is 24.5 Å². The van der Waals surface area contributed by atoms with Crippen molar-refractivity contribution in [3.8, 4) is 0 Å². The third kappa shape index (κ3) is 5.53. The maximum atomic E-state index is 12.7. The first kappa shape index (κ1) is 23.7. The number of carbonyl (C=O) groups is 1. The maximum Gasteiger partial charge on any atom is 0.241 e. The van der Waals surface area contributed by atoms with Crippen molar-refractivity contribution in [1.82, 2.24) is 14.9 Å². The zero-order valence-electron chi connectivity index (χ0n) is 17.1. The van der Waals surface area contributed by atoms with Crippen LogP contribution in [0, 0.1) is 5.92 Å². The van der Waals surface area contributed by atoms with E-state index in [4.69, 9.17) is 0 Å². The number of hydrogen-bond acceptors (Lipinski definition) is 3. The van der Waals surface area contributed by atoms with Crippen LogP contribution in [0.3, 0.4) is 0 Å². The third-order valence-electron chi connectivity index (χ3n) is 5.99. The van der Waals surface area contributed by atoms with Crippen LogP contribution in [0.2, 0.25) is 0 Å². The third-order valence-corrected chi connectivity index (χ3v) is 5.99. The fourth-order valence-corrected chi connectivity index (χ4v) is 4.65. The fourth-order valence-electron chi connectivity index (χ4n) is 4.65. The molecule has 3 atom stereocenters. The van der Waals surface area contributed by atoms with Gasteiger partial charge in [-0.3, -0.25) is 4.79 Å². The van der Waals surface area contributed by atoms with Crippen LogP contribution >= 0.6 is 24.8 Å². The van der Waals surface area contributed by atoms with Crippen molar-refractivity contribution < 1.29 is 4.79 Å². The summed E-state index contributed by atoms with van der Waals surface area (Å²) in [5.74, 6) is 2.26. The molecule has 1 amide bonds. The second-order valence-corrected chi connectivity index (χ2v) is 8.36. The zero-order chi connectivity index (χ0) is 18.8. The van der Waals surface area contributed by atoms with E-state index in [1.54, 1.807) is 0 Å². The maximum absolute atomic E-state index is 12.7. The molecule has 0 radical (unpaired) electrons. The highest BCUT2D eigenvalue weighted by Gasteiger charge is 2.38. The fraction of sp³-hybridized carbons (Fsp3) is 0.545. The first-order chi connectivity index (χ1) is 13.1. The van der Waals surface area contributed by atoms with E-state index in [0.29, 0.717) is 17.9 Å². The van der Waals surface area contributed by atoms with Gasteiger partial charge in [-0.15, -0.1) is 24.8 Å². The molecule has 1 aromatic heterocycles. The SMILES string of the molecule is CC(C)c1nccn1Cc1cccc(NC(=O)C2CC3CCCCC3N2)c1.Cl.Cl. The van der Waals surface area contributed by atoms with Gasteiger partial charge in [-0.2, -0.15) is 0 Å². The van der Waals surface area contributed by atoms with Crippen LogP contribution < -0.4 is 10.6 Å². The van der Waals surface area contributed by atoms with Crippen molar-refractivity contribution in [2.45, 2.75) is 70.5 Å². The summed E-state index contributed by atoms with van der Waals surface area (Å²) < 4.78 is 2.18. The van der Waals surface area contributed by atoms with Crippen LogP contribution in [0.15, 0.2) is 36.7 Å². The highest BCUT2D eigenvalue weighted by atomic mass is 35.5. The van der Waals surface area contributed by atoms with Crippen molar-refractivity contribution in [2.75, 3.05) is 5.32 Å². The lowest BCUT2D eigenvalue weighted by Gasteiger charge is -2.24. The number of anilines is 1. The zero-order valence-corrected chi connectivity index (χ0v) is 18.8. The summed E-state index contributed by atoms with van der Waals surface area (Å²) in [6.45, 7) is 5.08. The van der Waals surface area contributed by atoms with Gasteiger partial charge in [0.25, 0.3) is 0 Å². The first-order valence-electron chi connectivity index (χ1n) is 10.3. The predicted molar refractivity (Wildman–Crippen MR) is 122 cm³/mol. The topological polar surface area (TPSA) is 59.0 Å². The first-order valence-corrected chi connectivity index (χ1v) is 10.3. The van der Waals surface area contributed by atoms with Crippen LogP contribution in [0.1, 0.15) is 63.3 Å². The summed E-state index contributed by atoms with van der Waals surface area (Å²) in [5.41, 5.74) is 2.04. The van der Waals surface area contributed by atoms with Crippen molar-refractivity contribution in [2.24, 2.45) is 5.92 Å². The van der Waals surface area contributed by atoms with Gasteiger partial charge >= 0.3 is 0 Å². The Balaban J connectivity index is 0.00000150. The summed E-state index contributed by atoms with van der Waals surface area (Å²) >= 11 is 0. The molecule has 2 N–H and O–H groups in total. The summed E-state index contributed by atoms with van der Waals surface area (Å²) in [4.78, 5) is 17.2. The Labute approximate surface area is 185 Å². The Kier molecular flexibility index (Phi) is 8.56. The minimum absolute atomic E-state index is 0. The quantitative estimate of drug-likeness (QED) is 0.707. The van der Waals surface area contributed by atoms with Crippen molar-refractivity contribution in [3.05, 3.63) is 48.0 Å². The largest absolute Gasteiger partial charge is 0.330 e. The Morgan fingerprint density at radius 3 is 2.83 bits per heavy atom. The molecule has 1 saturated heterocycles. The lowest BCUT2D eigenvalue weighted by molar-refractivity contribution is -0.117. The standard InChI is InChI=1S/C22H30N4O.2ClH/c1-15(2)21-23-10-11-26(21)14-16-6-5-8-18(12-16)24-22(27)20-13-17-7-3-4-9-19(17)25-20;;/h5-6,8,10-12,15,17,19-20,25H,3-4,7,9,13-14H2,1-2H3,(H,24,27);2*1H. The minimum Gasteiger partial charge on any atom is -0.330 e. The molecule has 0 bridgehead atoms. The lowest BCUT2D eigenvalue weighted by Crippen LogP contribution is -2.39. The number of rotatable bonds is 5. The average Bonchev–Trinajstić information content (AvgIpc) is 3.28. The number of halogens is 2. The molecule has 1 aromatic carbocycles. The monoisotopic (exact) mass is 438 g/mol. The normalized spacial score (nSPS) is 23.1. The molecule has 2 fully saturated rings. The number of carbonyl (C=O) groups excluding carboxylic acids is 1. The molecular formula is C22H32Cl2N4O. The van der Waals surface area contributed by atoms with Crippen LogP contribution in [0.4, 0.5) is 5.69 Å². The van der Waals surface area contributed by atoms with Crippen LogP contribution in [-0.2, 0) is 11.3 Å². The van der Waals surface area contributed by atoms with E-state index in [9.17, 15) is 4.79 Å².